The van der Waals surface area contributed by atoms with Crippen molar-refractivity contribution < 1.29 is 9.18 Å². The highest BCUT2D eigenvalue weighted by Crippen LogP contribution is 2.33. The van der Waals surface area contributed by atoms with Crippen molar-refractivity contribution in [1.82, 2.24) is 4.90 Å². The van der Waals surface area contributed by atoms with Gasteiger partial charge in [-0.25, -0.2) is 4.39 Å². The molecule has 2 saturated carbocycles. The van der Waals surface area contributed by atoms with Gasteiger partial charge in [0.25, 0.3) is 5.91 Å². The Morgan fingerprint density at radius 1 is 1.00 bits per heavy atom. The van der Waals surface area contributed by atoms with E-state index >= 15 is 0 Å². The number of halogens is 1. The Labute approximate surface area is 138 Å². The molecule has 0 aromatic heterocycles. The molecule has 2 fully saturated rings. The second-order valence-corrected chi connectivity index (χ2v) is 7.15. The van der Waals surface area contributed by atoms with E-state index < -0.39 is 0 Å². The molecule has 0 N–H and O–H groups in total. The van der Waals surface area contributed by atoms with Crippen molar-refractivity contribution in [3.63, 3.8) is 0 Å². The molecule has 0 atom stereocenters. The minimum atomic E-state index is -0.321. The molecular formula is C19H27FN2O. The van der Waals surface area contributed by atoms with E-state index in [9.17, 15) is 9.18 Å². The number of benzene rings is 1. The van der Waals surface area contributed by atoms with Crippen LogP contribution < -0.4 is 4.90 Å². The van der Waals surface area contributed by atoms with Gasteiger partial charge in [0.1, 0.15) is 5.82 Å². The summed E-state index contributed by atoms with van der Waals surface area (Å²) in [6, 6.07) is 5.60. The van der Waals surface area contributed by atoms with Gasteiger partial charge in [-0.15, -0.1) is 0 Å². The van der Waals surface area contributed by atoms with Crippen LogP contribution in [0.15, 0.2) is 18.2 Å². The monoisotopic (exact) mass is 318 g/mol. The SMILES string of the molecule is CN(C)c1ccc(C(=O)N(C2CCCC2)C2CCCC2)cc1F. The number of hydrogen-bond donors (Lipinski definition) is 0. The van der Waals surface area contributed by atoms with E-state index in [-0.39, 0.29) is 11.7 Å². The molecule has 0 aliphatic heterocycles. The van der Waals surface area contributed by atoms with Crippen LogP contribution in [0.2, 0.25) is 0 Å². The zero-order valence-electron chi connectivity index (χ0n) is 14.2. The molecule has 23 heavy (non-hydrogen) atoms. The van der Waals surface area contributed by atoms with Crippen LogP contribution in [0.1, 0.15) is 61.7 Å². The van der Waals surface area contributed by atoms with Gasteiger partial charge in [0.15, 0.2) is 0 Å². The molecule has 1 aromatic carbocycles. The van der Waals surface area contributed by atoms with E-state index in [1.807, 2.05) is 14.1 Å². The van der Waals surface area contributed by atoms with Crippen molar-refractivity contribution >= 4 is 11.6 Å². The third-order valence-electron chi connectivity index (χ3n) is 5.35. The molecule has 0 spiro atoms. The lowest BCUT2D eigenvalue weighted by molar-refractivity contribution is 0.0580. The van der Waals surface area contributed by atoms with Crippen molar-refractivity contribution in [3.8, 4) is 0 Å². The Hall–Kier alpha value is -1.58. The van der Waals surface area contributed by atoms with Crippen LogP contribution in [0, 0.1) is 5.82 Å². The van der Waals surface area contributed by atoms with Gasteiger partial charge in [0.05, 0.1) is 5.69 Å². The second-order valence-electron chi connectivity index (χ2n) is 7.15. The van der Waals surface area contributed by atoms with Crippen molar-refractivity contribution in [2.24, 2.45) is 0 Å². The van der Waals surface area contributed by atoms with E-state index in [1.54, 1.807) is 17.0 Å². The first-order valence-electron chi connectivity index (χ1n) is 8.87. The average molecular weight is 318 g/mol. The number of anilines is 1. The predicted molar refractivity (Wildman–Crippen MR) is 91.4 cm³/mol. The molecule has 0 heterocycles. The maximum absolute atomic E-state index is 14.3. The minimum Gasteiger partial charge on any atom is -0.375 e. The molecule has 0 unspecified atom stereocenters. The molecule has 2 aliphatic rings. The van der Waals surface area contributed by atoms with Crippen LogP contribution in [0.25, 0.3) is 0 Å². The Kier molecular flexibility index (Phi) is 4.88. The standard InChI is InChI=1S/C19H27FN2O/c1-21(2)18-12-11-14(13-17(18)20)19(23)22(15-7-3-4-8-15)16-9-5-6-10-16/h11-13,15-16H,3-10H2,1-2H3. The summed E-state index contributed by atoms with van der Waals surface area (Å²) < 4.78 is 14.3. The lowest BCUT2D eigenvalue weighted by Gasteiger charge is -2.35. The fourth-order valence-corrected chi connectivity index (χ4v) is 4.15. The molecule has 0 bridgehead atoms. The number of carbonyl (C=O) groups is 1. The molecule has 2 aliphatic carbocycles. The fourth-order valence-electron chi connectivity index (χ4n) is 4.15. The van der Waals surface area contributed by atoms with Gasteiger partial charge in [-0.1, -0.05) is 25.7 Å². The average Bonchev–Trinajstić information content (AvgIpc) is 3.20. The zero-order valence-corrected chi connectivity index (χ0v) is 14.2. The largest absolute Gasteiger partial charge is 0.375 e. The molecule has 1 aromatic rings. The highest BCUT2D eigenvalue weighted by molar-refractivity contribution is 5.95. The molecule has 0 radical (unpaired) electrons. The molecule has 0 saturated heterocycles. The van der Waals surface area contributed by atoms with Crippen molar-refractivity contribution in [2.45, 2.75) is 63.5 Å². The third kappa shape index (κ3) is 3.36. The van der Waals surface area contributed by atoms with Crippen LogP contribution in [0.4, 0.5) is 10.1 Å². The Bertz CT molecular complexity index is 544. The summed E-state index contributed by atoms with van der Waals surface area (Å²) >= 11 is 0. The van der Waals surface area contributed by atoms with E-state index in [2.05, 4.69) is 4.90 Å². The number of hydrogen-bond acceptors (Lipinski definition) is 2. The summed E-state index contributed by atoms with van der Waals surface area (Å²) in [5, 5.41) is 0. The van der Waals surface area contributed by atoms with Crippen molar-refractivity contribution in [3.05, 3.63) is 29.6 Å². The number of carbonyl (C=O) groups excluding carboxylic acids is 1. The molecule has 4 heteroatoms. The minimum absolute atomic E-state index is 0.0213. The van der Waals surface area contributed by atoms with Gasteiger partial charge < -0.3 is 9.80 Å². The van der Waals surface area contributed by atoms with E-state index in [1.165, 1.54) is 31.7 Å². The number of nitrogens with zero attached hydrogens (tertiary/aromatic N) is 2. The summed E-state index contributed by atoms with van der Waals surface area (Å²) in [7, 11) is 3.62. The van der Waals surface area contributed by atoms with Gasteiger partial charge in [0.2, 0.25) is 0 Å². The zero-order chi connectivity index (χ0) is 16.4. The Balaban J connectivity index is 1.86. The number of amides is 1. The van der Waals surface area contributed by atoms with Gasteiger partial charge in [-0.2, -0.15) is 0 Å². The first-order valence-corrected chi connectivity index (χ1v) is 8.87. The van der Waals surface area contributed by atoms with Crippen LogP contribution in [0.5, 0.6) is 0 Å². The first kappa shape index (κ1) is 16.3. The van der Waals surface area contributed by atoms with Gasteiger partial charge in [-0.05, 0) is 43.9 Å². The van der Waals surface area contributed by atoms with Crippen LogP contribution in [-0.4, -0.2) is 37.0 Å². The summed E-state index contributed by atoms with van der Waals surface area (Å²) in [6.45, 7) is 0. The van der Waals surface area contributed by atoms with Crippen LogP contribution in [0.3, 0.4) is 0 Å². The molecule has 3 rings (SSSR count). The van der Waals surface area contributed by atoms with Crippen molar-refractivity contribution in [1.29, 1.82) is 0 Å². The highest BCUT2D eigenvalue weighted by Gasteiger charge is 2.34. The Morgan fingerprint density at radius 2 is 1.52 bits per heavy atom. The topological polar surface area (TPSA) is 23.6 Å². The van der Waals surface area contributed by atoms with Gasteiger partial charge in [-0.3, -0.25) is 4.79 Å². The second kappa shape index (κ2) is 6.90. The quantitative estimate of drug-likeness (QED) is 0.830. The maximum Gasteiger partial charge on any atom is 0.254 e. The predicted octanol–water partition coefficient (Wildman–Crippen LogP) is 4.22. The van der Waals surface area contributed by atoms with Crippen molar-refractivity contribution in [2.75, 3.05) is 19.0 Å². The smallest absolute Gasteiger partial charge is 0.254 e. The first-order chi connectivity index (χ1) is 11.1. The summed E-state index contributed by atoms with van der Waals surface area (Å²) in [6.07, 6.45) is 9.20. The molecule has 3 nitrogen and oxygen atoms in total. The molecule has 126 valence electrons. The normalized spacial score (nSPS) is 19.3. The lowest BCUT2D eigenvalue weighted by Crippen LogP contribution is -2.45. The van der Waals surface area contributed by atoms with E-state index in [4.69, 9.17) is 0 Å². The lowest BCUT2D eigenvalue weighted by atomic mass is 10.1. The van der Waals surface area contributed by atoms with Crippen LogP contribution >= 0.6 is 0 Å². The Morgan fingerprint density at radius 3 is 1.96 bits per heavy atom. The number of rotatable bonds is 4. The van der Waals surface area contributed by atoms with E-state index in [0.29, 0.717) is 23.3 Å². The third-order valence-corrected chi connectivity index (χ3v) is 5.35. The highest BCUT2D eigenvalue weighted by atomic mass is 19.1. The van der Waals surface area contributed by atoms with Crippen LogP contribution in [-0.2, 0) is 0 Å². The summed E-state index contributed by atoms with van der Waals surface area (Å²) in [5.41, 5.74) is 1.02. The van der Waals surface area contributed by atoms with E-state index in [0.717, 1.165) is 25.7 Å². The summed E-state index contributed by atoms with van der Waals surface area (Å²) in [4.78, 5) is 16.9. The summed E-state index contributed by atoms with van der Waals surface area (Å²) in [5.74, 6) is -0.299. The van der Waals surface area contributed by atoms with Gasteiger partial charge in [0, 0.05) is 31.7 Å². The molecule has 1 amide bonds. The van der Waals surface area contributed by atoms with Gasteiger partial charge >= 0.3 is 0 Å². The maximum atomic E-state index is 14.3. The molecular weight excluding hydrogens is 291 g/mol. The fraction of sp³-hybridized carbons (Fsp3) is 0.632.